The third-order valence-corrected chi connectivity index (χ3v) is 4.27. The molecule has 3 amide bonds. The summed E-state index contributed by atoms with van der Waals surface area (Å²) < 4.78 is 15.7. The maximum Gasteiger partial charge on any atom is 0.273 e. The molecule has 1 fully saturated rings. The first kappa shape index (κ1) is 20.3. The Labute approximate surface area is 157 Å². The molecule has 0 atom stereocenters. The van der Waals surface area contributed by atoms with E-state index >= 15 is 0 Å². The van der Waals surface area contributed by atoms with Crippen LogP contribution in [0.1, 0.15) is 36.0 Å². The van der Waals surface area contributed by atoms with Gasteiger partial charge in [0.15, 0.2) is 11.5 Å². The molecule has 1 aliphatic heterocycles. The van der Waals surface area contributed by atoms with Crippen molar-refractivity contribution in [2.24, 2.45) is 0 Å². The molecule has 0 aliphatic carbocycles. The molecule has 1 saturated heterocycles. The van der Waals surface area contributed by atoms with Gasteiger partial charge in [0.05, 0.1) is 26.9 Å². The molecule has 0 aromatic heterocycles. The number of nitrogens with one attached hydrogen (secondary N) is 2. The number of hydrazine groups is 1. The van der Waals surface area contributed by atoms with Crippen LogP contribution in [0.15, 0.2) is 12.1 Å². The van der Waals surface area contributed by atoms with E-state index in [2.05, 4.69) is 10.9 Å². The van der Waals surface area contributed by atoms with E-state index < -0.39 is 11.8 Å². The van der Waals surface area contributed by atoms with Crippen molar-refractivity contribution in [3.63, 3.8) is 0 Å². The summed E-state index contributed by atoms with van der Waals surface area (Å²) in [5.41, 5.74) is 4.82. The maximum atomic E-state index is 12.4. The highest BCUT2D eigenvalue weighted by Gasteiger charge is 2.22. The van der Waals surface area contributed by atoms with Gasteiger partial charge >= 0.3 is 0 Å². The average Bonchev–Trinajstić information content (AvgIpc) is 2.88. The van der Waals surface area contributed by atoms with Crippen molar-refractivity contribution in [2.45, 2.75) is 25.7 Å². The van der Waals surface area contributed by atoms with E-state index in [1.165, 1.54) is 32.3 Å². The fourth-order valence-corrected chi connectivity index (χ4v) is 2.89. The number of carbonyl (C=O) groups is 3. The van der Waals surface area contributed by atoms with Gasteiger partial charge in [0, 0.05) is 13.0 Å². The number of hydrogen-bond donors (Lipinski definition) is 2. The number of carbonyl (C=O) groups excluding carboxylic acids is 3. The topological polar surface area (TPSA) is 106 Å². The summed E-state index contributed by atoms with van der Waals surface area (Å²) in [6, 6.07) is 3.06. The SMILES string of the molecule is COc1ccc(C(=O)NNC(=O)CN2CCCCCC2=O)c(OC)c1OC. The Morgan fingerprint density at radius 1 is 1.00 bits per heavy atom. The van der Waals surface area contributed by atoms with Crippen molar-refractivity contribution >= 4 is 17.7 Å². The Morgan fingerprint density at radius 2 is 1.74 bits per heavy atom. The zero-order valence-electron chi connectivity index (χ0n) is 15.8. The zero-order valence-corrected chi connectivity index (χ0v) is 15.8. The van der Waals surface area contributed by atoms with Crippen molar-refractivity contribution in [3.05, 3.63) is 17.7 Å². The van der Waals surface area contributed by atoms with Gasteiger partial charge in [-0.25, -0.2) is 0 Å². The lowest BCUT2D eigenvalue weighted by molar-refractivity contribution is -0.135. The van der Waals surface area contributed by atoms with E-state index in [4.69, 9.17) is 14.2 Å². The van der Waals surface area contributed by atoms with E-state index in [1.807, 2.05) is 0 Å². The molecule has 9 heteroatoms. The molecule has 1 heterocycles. The van der Waals surface area contributed by atoms with Gasteiger partial charge in [-0.15, -0.1) is 0 Å². The molecule has 148 valence electrons. The number of rotatable bonds is 6. The first-order valence-corrected chi connectivity index (χ1v) is 8.67. The van der Waals surface area contributed by atoms with Gasteiger partial charge in [0.2, 0.25) is 11.7 Å². The number of benzene rings is 1. The Hall–Kier alpha value is -2.97. The average molecular weight is 379 g/mol. The fourth-order valence-electron chi connectivity index (χ4n) is 2.89. The van der Waals surface area contributed by atoms with Crippen LogP contribution in [0, 0.1) is 0 Å². The molecule has 1 aromatic carbocycles. The van der Waals surface area contributed by atoms with Crippen LogP contribution in [0.5, 0.6) is 17.2 Å². The molecule has 1 aliphatic rings. The third-order valence-electron chi connectivity index (χ3n) is 4.27. The van der Waals surface area contributed by atoms with Crippen LogP contribution in [0.2, 0.25) is 0 Å². The van der Waals surface area contributed by atoms with E-state index in [0.717, 1.165) is 19.3 Å². The minimum absolute atomic E-state index is 0.0458. The second kappa shape index (κ2) is 9.65. The molecule has 0 bridgehead atoms. The van der Waals surface area contributed by atoms with Crippen molar-refractivity contribution in [1.82, 2.24) is 15.8 Å². The van der Waals surface area contributed by atoms with Crippen LogP contribution in [-0.2, 0) is 9.59 Å². The smallest absolute Gasteiger partial charge is 0.273 e. The summed E-state index contributed by atoms with van der Waals surface area (Å²) in [7, 11) is 4.31. The molecule has 0 saturated carbocycles. The largest absolute Gasteiger partial charge is 0.493 e. The van der Waals surface area contributed by atoms with Crippen LogP contribution in [-0.4, -0.2) is 57.0 Å². The predicted molar refractivity (Wildman–Crippen MR) is 96.8 cm³/mol. The van der Waals surface area contributed by atoms with E-state index in [1.54, 1.807) is 6.07 Å². The van der Waals surface area contributed by atoms with Crippen LogP contribution >= 0.6 is 0 Å². The normalized spacial score (nSPS) is 14.2. The molecule has 2 N–H and O–H groups in total. The molecule has 27 heavy (non-hydrogen) atoms. The minimum atomic E-state index is -0.580. The van der Waals surface area contributed by atoms with Gasteiger partial charge in [-0.05, 0) is 25.0 Å². The first-order valence-electron chi connectivity index (χ1n) is 8.67. The summed E-state index contributed by atoms with van der Waals surface area (Å²) in [5.74, 6) is -0.230. The highest BCUT2D eigenvalue weighted by atomic mass is 16.5. The van der Waals surface area contributed by atoms with Gasteiger partial charge in [-0.1, -0.05) is 6.42 Å². The maximum absolute atomic E-state index is 12.4. The number of nitrogens with zero attached hydrogens (tertiary/aromatic N) is 1. The summed E-state index contributed by atoms with van der Waals surface area (Å²) >= 11 is 0. The molecule has 0 unspecified atom stereocenters. The molecular weight excluding hydrogens is 354 g/mol. The Bertz CT molecular complexity index is 707. The molecule has 0 spiro atoms. The van der Waals surface area contributed by atoms with Crippen molar-refractivity contribution in [3.8, 4) is 17.2 Å². The number of ether oxygens (including phenoxy) is 3. The second-order valence-corrected chi connectivity index (χ2v) is 6.01. The van der Waals surface area contributed by atoms with E-state index in [-0.39, 0.29) is 29.5 Å². The van der Waals surface area contributed by atoms with Crippen molar-refractivity contribution in [2.75, 3.05) is 34.4 Å². The van der Waals surface area contributed by atoms with E-state index in [9.17, 15) is 14.4 Å². The summed E-state index contributed by atoms with van der Waals surface area (Å²) in [6.07, 6.45) is 3.13. The fraction of sp³-hybridized carbons (Fsp3) is 0.500. The predicted octanol–water partition coefficient (Wildman–Crippen LogP) is 0.876. The van der Waals surface area contributed by atoms with Gasteiger partial charge in [0.25, 0.3) is 11.8 Å². The summed E-state index contributed by atoms with van der Waals surface area (Å²) in [6.45, 7) is 0.450. The third kappa shape index (κ3) is 5.02. The van der Waals surface area contributed by atoms with Gasteiger partial charge in [-0.2, -0.15) is 0 Å². The monoisotopic (exact) mass is 379 g/mol. The minimum Gasteiger partial charge on any atom is -0.493 e. The molecule has 0 radical (unpaired) electrons. The van der Waals surface area contributed by atoms with Gasteiger partial charge in [0.1, 0.15) is 6.54 Å². The second-order valence-electron chi connectivity index (χ2n) is 6.01. The number of likely N-dealkylation sites (tertiary alicyclic amines) is 1. The van der Waals surface area contributed by atoms with E-state index in [0.29, 0.717) is 18.7 Å². The number of amides is 3. The van der Waals surface area contributed by atoms with Crippen molar-refractivity contribution in [1.29, 1.82) is 0 Å². The van der Waals surface area contributed by atoms with Crippen molar-refractivity contribution < 1.29 is 28.6 Å². The van der Waals surface area contributed by atoms with Gasteiger partial charge in [-0.3, -0.25) is 25.2 Å². The lowest BCUT2D eigenvalue weighted by Gasteiger charge is -2.20. The molecule has 2 rings (SSSR count). The van der Waals surface area contributed by atoms with Crippen LogP contribution in [0.3, 0.4) is 0 Å². The quantitative estimate of drug-likeness (QED) is 0.711. The lowest BCUT2D eigenvalue weighted by atomic mass is 10.1. The molecule has 9 nitrogen and oxygen atoms in total. The number of methoxy groups -OCH3 is 3. The summed E-state index contributed by atoms with van der Waals surface area (Å²) in [4.78, 5) is 38.0. The van der Waals surface area contributed by atoms with Crippen LogP contribution in [0.4, 0.5) is 0 Å². The Morgan fingerprint density at radius 3 is 2.41 bits per heavy atom. The Kier molecular flexibility index (Phi) is 7.27. The Balaban J connectivity index is 2.00. The van der Waals surface area contributed by atoms with Crippen LogP contribution < -0.4 is 25.1 Å². The number of hydrogen-bond acceptors (Lipinski definition) is 6. The van der Waals surface area contributed by atoms with Gasteiger partial charge < -0.3 is 19.1 Å². The zero-order chi connectivity index (χ0) is 19.8. The van der Waals surface area contributed by atoms with Crippen LogP contribution in [0.25, 0.3) is 0 Å². The first-order chi connectivity index (χ1) is 13.0. The highest BCUT2D eigenvalue weighted by Crippen LogP contribution is 2.39. The lowest BCUT2D eigenvalue weighted by Crippen LogP contribution is -2.47. The highest BCUT2D eigenvalue weighted by molar-refractivity contribution is 5.99. The standard InChI is InChI=1S/C18H25N3O6/c1-25-13-9-8-12(16(26-2)17(13)27-3)18(24)20-19-14(22)11-21-10-6-4-5-7-15(21)23/h8-9H,4-7,10-11H2,1-3H3,(H,19,22)(H,20,24). The summed E-state index contributed by atoms with van der Waals surface area (Å²) in [5, 5.41) is 0. The molecular formula is C18H25N3O6. The molecule has 1 aromatic rings.